The second-order valence-corrected chi connectivity index (χ2v) is 8.10. The van der Waals surface area contributed by atoms with Gasteiger partial charge in [0.2, 0.25) is 0 Å². The number of fused-ring (bicyclic) bond motifs is 1. The van der Waals surface area contributed by atoms with E-state index in [1.165, 1.54) is 18.3 Å². The fourth-order valence-corrected chi connectivity index (χ4v) is 4.33. The summed E-state index contributed by atoms with van der Waals surface area (Å²) < 4.78 is 15.8. The monoisotopic (exact) mass is 425 g/mol. The van der Waals surface area contributed by atoms with Gasteiger partial charge in [-0.2, -0.15) is 5.10 Å². The van der Waals surface area contributed by atoms with E-state index in [2.05, 4.69) is 17.3 Å². The van der Waals surface area contributed by atoms with Crippen molar-refractivity contribution in [3.05, 3.63) is 47.6 Å². The van der Waals surface area contributed by atoms with Crippen LogP contribution in [0, 0.1) is 5.92 Å². The third-order valence-electron chi connectivity index (χ3n) is 6.04. The summed E-state index contributed by atoms with van der Waals surface area (Å²) in [5.41, 5.74) is 1.40. The lowest BCUT2D eigenvalue weighted by Gasteiger charge is -2.29. The van der Waals surface area contributed by atoms with E-state index in [9.17, 15) is 14.0 Å². The van der Waals surface area contributed by atoms with Crippen LogP contribution in [0.3, 0.4) is 0 Å². The molecule has 1 aliphatic carbocycles. The normalized spacial score (nSPS) is 21.4. The Morgan fingerprint density at radius 3 is 2.97 bits per heavy atom. The molecule has 1 amide bonds. The first-order valence-electron chi connectivity index (χ1n) is 11.1. The number of nitrogens with zero attached hydrogens (tertiary/aromatic N) is 4. The minimum atomic E-state index is -0.411. The molecule has 7 nitrogen and oxygen atoms in total. The summed E-state index contributed by atoms with van der Waals surface area (Å²) in [6.45, 7) is 5.28. The number of Topliss-reactive ketones (excluding diaryl/α,β-unsaturated/α-hetero) is 1. The molecule has 1 aliphatic heterocycles. The maximum atomic E-state index is 14.2. The Hall–Kier alpha value is -3.03. The van der Waals surface area contributed by atoms with Gasteiger partial charge >= 0.3 is 0 Å². The molecular formula is C23H28FN5O2. The third-order valence-corrected chi connectivity index (χ3v) is 6.04. The molecule has 4 rings (SSSR count). The fraction of sp³-hybridized carbons (Fsp3) is 0.478. The van der Waals surface area contributed by atoms with Gasteiger partial charge in [0.1, 0.15) is 17.2 Å². The Morgan fingerprint density at radius 1 is 1.35 bits per heavy atom. The first-order chi connectivity index (χ1) is 15.0. The molecule has 2 aliphatic rings. The van der Waals surface area contributed by atoms with Crippen molar-refractivity contribution in [2.24, 2.45) is 5.92 Å². The molecule has 1 fully saturated rings. The molecule has 2 unspecified atom stereocenters. The lowest BCUT2D eigenvalue weighted by molar-refractivity contribution is -0.118. The Balaban J connectivity index is 1.63. The largest absolute Gasteiger partial charge is 0.352 e. The van der Waals surface area contributed by atoms with Crippen molar-refractivity contribution in [3.8, 4) is 0 Å². The smallest absolute Gasteiger partial charge is 0.256 e. The number of anilines is 1. The zero-order valence-electron chi connectivity index (χ0n) is 18.0. The van der Waals surface area contributed by atoms with Crippen LogP contribution in [0.4, 0.5) is 10.2 Å². The van der Waals surface area contributed by atoms with Gasteiger partial charge < -0.3 is 10.2 Å². The maximum absolute atomic E-state index is 14.2. The summed E-state index contributed by atoms with van der Waals surface area (Å²) in [6.07, 6.45) is 10.2. The maximum Gasteiger partial charge on any atom is 0.256 e. The lowest BCUT2D eigenvalue weighted by Crippen LogP contribution is -2.36. The van der Waals surface area contributed by atoms with E-state index < -0.39 is 5.92 Å². The first kappa shape index (κ1) is 21.2. The lowest BCUT2D eigenvalue weighted by atomic mass is 9.86. The van der Waals surface area contributed by atoms with Crippen LogP contribution >= 0.6 is 0 Å². The molecule has 0 spiro atoms. The quantitative estimate of drug-likeness (QED) is 0.686. The van der Waals surface area contributed by atoms with Crippen molar-refractivity contribution in [1.82, 2.24) is 19.9 Å². The molecule has 31 heavy (non-hydrogen) atoms. The van der Waals surface area contributed by atoms with E-state index in [1.807, 2.05) is 17.9 Å². The molecule has 0 aromatic carbocycles. The molecular weight excluding hydrogens is 397 g/mol. The fourth-order valence-electron chi connectivity index (χ4n) is 4.33. The second kappa shape index (κ2) is 8.99. The SMILES string of the molecule is CCCCNC(=O)c1cnn2ccc(N3CCCC3C3=CC(F)=CC(CC)C3=O)nc12. The second-order valence-electron chi connectivity index (χ2n) is 8.10. The molecule has 1 saturated heterocycles. The minimum absolute atomic E-state index is 0.0118. The van der Waals surface area contributed by atoms with E-state index in [1.54, 1.807) is 10.7 Å². The van der Waals surface area contributed by atoms with Crippen molar-refractivity contribution in [2.45, 2.75) is 52.0 Å². The first-order valence-corrected chi connectivity index (χ1v) is 11.1. The number of ketones is 1. The molecule has 164 valence electrons. The number of carbonyl (C=O) groups is 2. The average Bonchev–Trinajstić information content (AvgIpc) is 3.41. The van der Waals surface area contributed by atoms with Gasteiger partial charge in [0.15, 0.2) is 11.4 Å². The summed E-state index contributed by atoms with van der Waals surface area (Å²) in [5.74, 6) is -0.309. The van der Waals surface area contributed by atoms with E-state index in [0.29, 0.717) is 42.1 Å². The summed E-state index contributed by atoms with van der Waals surface area (Å²) in [5, 5.41) is 7.14. The van der Waals surface area contributed by atoms with Crippen LogP contribution in [-0.2, 0) is 4.79 Å². The highest BCUT2D eigenvalue weighted by Gasteiger charge is 2.36. The predicted octanol–water partition coefficient (Wildman–Crippen LogP) is 3.62. The summed E-state index contributed by atoms with van der Waals surface area (Å²) in [6, 6.07) is 1.61. The van der Waals surface area contributed by atoms with Gasteiger partial charge in [0, 0.05) is 30.8 Å². The number of carbonyl (C=O) groups excluding carboxylic acids is 2. The van der Waals surface area contributed by atoms with Crippen molar-refractivity contribution in [2.75, 3.05) is 18.0 Å². The Bertz CT molecular complexity index is 1060. The van der Waals surface area contributed by atoms with Crippen molar-refractivity contribution < 1.29 is 14.0 Å². The van der Waals surface area contributed by atoms with Gasteiger partial charge in [0.05, 0.1) is 12.2 Å². The molecule has 2 aromatic rings. The number of allylic oxidation sites excluding steroid dienone is 3. The number of nitrogens with one attached hydrogen (secondary N) is 1. The number of hydrogen-bond acceptors (Lipinski definition) is 5. The van der Waals surface area contributed by atoms with Crippen LogP contribution in [0.5, 0.6) is 0 Å². The van der Waals surface area contributed by atoms with E-state index >= 15 is 0 Å². The minimum Gasteiger partial charge on any atom is -0.352 e. The van der Waals surface area contributed by atoms with Gasteiger partial charge in [-0.25, -0.2) is 13.9 Å². The number of unbranched alkanes of at least 4 members (excludes halogenated alkanes) is 1. The highest BCUT2D eigenvalue weighted by atomic mass is 19.1. The van der Waals surface area contributed by atoms with Crippen molar-refractivity contribution in [3.63, 3.8) is 0 Å². The third kappa shape index (κ3) is 4.11. The van der Waals surface area contributed by atoms with E-state index in [0.717, 1.165) is 25.7 Å². The summed E-state index contributed by atoms with van der Waals surface area (Å²) in [7, 11) is 0. The molecule has 0 bridgehead atoms. The topological polar surface area (TPSA) is 79.6 Å². The molecule has 2 atom stereocenters. The Kier molecular flexibility index (Phi) is 6.15. The Labute approximate surface area is 181 Å². The van der Waals surface area contributed by atoms with Crippen LogP contribution in [0.25, 0.3) is 5.65 Å². The van der Waals surface area contributed by atoms with Gasteiger partial charge in [-0.3, -0.25) is 9.59 Å². The van der Waals surface area contributed by atoms with E-state index in [4.69, 9.17) is 4.98 Å². The van der Waals surface area contributed by atoms with Crippen LogP contribution < -0.4 is 10.2 Å². The molecule has 8 heteroatoms. The predicted molar refractivity (Wildman–Crippen MR) is 117 cm³/mol. The van der Waals surface area contributed by atoms with Gasteiger partial charge in [-0.05, 0) is 43.9 Å². The Morgan fingerprint density at radius 2 is 2.19 bits per heavy atom. The zero-order chi connectivity index (χ0) is 22.0. The van der Waals surface area contributed by atoms with Crippen LogP contribution in [0.15, 0.2) is 42.0 Å². The number of halogens is 1. The molecule has 3 heterocycles. The van der Waals surface area contributed by atoms with Crippen molar-refractivity contribution >= 4 is 23.2 Å². The van der Waals surface area contributed by atoms with Gasteiger partial charge in [-0.1, -0.05) is 20.3 Å². The molecule has 0 radical (unpaired) electrons. The van der Waals surface area contributed by atoms with Gasteiger partial charge in [0.25, 0.3) is 5.91 Å². The number of amides is 1. The number of aromatic nitrogens is 3. The van der Waals surface area contributed by atoms with Crippen molar-refractivity contribution in [1.29, 1.82) is 0 Å². The summed E-state index contributed by atoms with van der Waals surface area (Å²) >= 11 is 0. The van der Waals surface area contributed by atoms with Crippen LogP contribution in [0.1, 0.15) is 56.3 Å². The summed E-state index contributed by atoms with van der Waals surface area (Å²) in [4.78, 5) is 32.2. The zero-order valence-corrected chi connectivity index (χ0v) is 18.0. The highest BCUT2D eigenvalue weighted by molar-refractivity contribution is 6.02. The number of hydrogen-bond donors (Lipinski definition) is 1. The van der Waals surface area contributed by atoms with E-state index in [-0.39, 0.29) is 23.6 Å². The number of rotatable bonds is 7. The molecule has 2 aromatic heterocycles. The van der Waals surface area contributed by atoms with Crippen LogP contribution in [-0.4, -0.2) is 45.4 Å². The average molecular weight is 426 g/mol. The molecule has 0 saturated carbocycles. The van der Waals surface area contributed by atoms with Crippen LogP contribution in [0.2, 0.25) is 0 Å². The standard InChI is InChI=1S/C23H28FN5O2/c1-3-5-9-25-23(31)18-14-26-29-11-8-20(27-22(18)29)28-10-6-7-19(28)17-13-16(24)12-15(4-2)21(17)30/h8,11-15,19H,3-7,9-10H2,1-2H3,(H,25,31). The molecule has 1 N–H and O–H groups in total. The highest BCUT2D eigenvalue weighted by Crippen LogP contribution is 2.34. The van der Waals surface area contributed by atoms with Gasteiger partial charge in [-0.15, -0.1) is 0 Å².